The first kappa shape index (κ1) is 14.3. The molecule has 2 aromatic rings. The van der Waals surface area contributed by atoms with Crippen molar-refractivity contribution >= 4 is 22.8 Å². The molecule has 0 fully saturated rings. The Labute approximate surface area is 111 Å². The third-order valence-corrected chi connectivity index (χ3v) is 2.55. The summed E-state index contributed by atoms with van der Waals surface area (Å²) in [5.74, 6) is 0.237. The van der Waals surface area contributed by atoms with Crippen LogP contribution in [0.3, 0.4) is 0 Å². The molecule has 0 aromatic carbocycles. The van der Waals surface area contributed by atoms with Crippen LogP contribution in [0.25, 0.3) is 11.0 Å². The highest BCUT2D eigenvalue weighted by molar-refractivity contribution is 5.87. The molecule has 20 heavy (non-hydrogen) atoms. The smallest absolute Gasteiger partial charge is 0.395 e. The normalized spacial score (nSPS) is 11.8. The number of alkyl halides is 3. The fraction of sp³-hybridized carbons (Fsp3) is 0.500. The lowest BCUT2D eigenvalue weighted by Crippen LogP contribution is -2.37. The number of nitrogens with one attached hydrogen (secondary N) is 2. The molecule has 0 radical (unpaired) electrons. The van der Waals surface area contributed by atoms with Gasteiger partial charge in [-0.15, -0.1) is 0 Å². The summed E-state index contributed by atoms with van der Waals surface area (Å²) in [6, 6.07) is 0. The number of H-pyrrole nitrogens is 1. The molecule has 7 nitrogen and oxygen atoms in total. The number of anilines is 2. The van der Waals surface area contributed by atoms with Gasteiger partial charge in [0.1, 0.15) is 12.4 Å². The van der Waals surface area contributed by atoms with Crippen LogP contribution >= 0.6 is 0 Å². The maximum Gasteiger partial charge on any atom is 0.405 e. The number of halogens is 3. The number of fused-ring (bicyclic) bond motifs is 1. The van der Waals surface area contributed by atoms with Gasteiger partial charge in [0.05, 0.1) is 18.2 Å². The predicted octanol–water partition coefficient (Wildman–Crippen LogP) is 0.756. The number of aromatic amines is 1. The second-order valence-corrected chi connectivity index (χ2v) is 4.01. The molecular weight excluding hydrogens is 277 g/mol. The Balaban J connectivity index is 2.48. The molecule has 0 bridgehead atoms. The molecule has 0 spiro atoms. The summed E-state index contributed by atoms with van der Waals surface area (Å²) >= 11 is 0. The minimum Gasteiger partial charge on any atom is -0.395 e. The van der Waals surface area contributed by atoms with E-state index in [1.165, 1.54) is 6.20 Å². The average molecular weight is 290 g/mol. The largest absolute Gasteiger partial charge is 0.405 e. The Bertz CT molecular complexity index is 584. The van der Waals surface area contributed by atoms with Crippen molar-refractivity contribution in [2.75, 3.05) is 37.0 Å². The summed E-state index contributed by atoms with van der Waals surface area (Å²) in [4.78, 5) is 9.01. The Morgan fingerprint density at radius 3 is 2.75 bits per heavy atom. The van der Waals surface area contributed by atoms with Crippen LogP contribution in [-0.4, -0.2) is 58.2 Å². The van der Waals surface area contributed by atoms with Gasteiger partial charge in [-0.1, -0.05) is 0 Å². The van der Waals surface area contributed by atoms with E-state index in [-0.39, 0.29) is 18.3 Å². The van der Waals surface area contributed by atoms with Crippen LogP contribution in [-0.2, 0) is 0 Å². The summed E-state index contributed by atoms with van der Waals surface area (Å²) in [5, 5.41) is 18.3. The molecule has 3 N–H and O–H groups in total. The second kappa shape index (κ2) is 5.49. The fourth-order valence-electron chi connectivity index (χ4n) is 1.77. The molecule has 2 heterocycles. The van der Waals surface area contributed by atoms with Gasteiger partial charge in [0.2, 0.25) is 5.95 Å². The predicted molar refractivity (Wildman–Crippen MR) is 66.6 cm³/mol. The van der Waals surface area contributed by atoms with Gasteiger partial charge in [-0.25, -0.2) is 0 Å². The molecule has 0 saturated carbocycles. The van der Waals surface area contributed by atoms with Crippen LogP contribution in [0.2, 0.25) is 0 Å². The van der Waals surface area contributed by atoms with E-state index < -0.39 is 19.3 Å². The minimum atomic E-state index is -4.41. The second-order valence-electron chi connectivity index (χ2n) is 4.01. The fourth-order valence-corrected chi connectivity index (χ4v) is 1.77. The van der Waals surface area contributed by atoms with Crippen LogP contribution in [0.4, 0.5) is 24.9 Å². The molecule has 0 amide bonds. The Kier molecular flexibility index (Phi) is 3.93. The van der Waals surface area contributed by atoms with Crippen LogP contribution in [0.5, 0.6) is 0 Å². The molecule has 0 aliphatic rings. The van der Waals surface area contributed by atoms with E-state index in [1.54, 1.807) is 7.05 Å². The Hall–Kier alpha value is -2.10. The number of hydrogen-bond acceptors (Lipinski definition) is 6. The van der Waals surface area contributed by atoms with Crippen LogP contribution in [0.15, 0.2) is 6.20 Å². The van der Waals surface area contributed by atoms with Crippen molar-refractivity contribution in [3.05, 3.63) is 6.20 Å². The molecule has 0 saturated heterocycles. The molecule has 2 rings (SSSR count). The zero-order valence-corrected chi connectivity index (χ0v) is 10.6. The molecular formula is C10H13F3N6O. The Morgan fingerprint density at radius 1 is 1.40 bits per heavy atom. The van der Waals surface area contributed by atoms with E-state index in [4.69, 9.17) is 5.11 Å². The lowest BCUT2D eigenvalue weighted by atomic mass is 10.3. The quantitative estimate of drug-likeness (QED) is 0.753. The van der Waals surface area contributed by atoms with E-state index in [9.17, 15) is 13.2 Å². The summed E-state index contributed by atoms with van der Waals surface area (Å²) < 4.78 is 37.9. The van der Waals surface area contributed by atoms with Gasteiger partial charge in [0, 0.05) is 13.6 Å². The number of nitrogens with zero attached hydrogens (tertiary/aromatic N) is 4. The molecule has 0 unspecified atom stereocenters. The average Bonchev–Trinajstić information content (AvgIpc) is 2.83. The molecule has 110 valence electrons. The maximum atomic E-state index is 12.6. The van der Waals surface area contributed by atoms with Crippen LogP contribution in [0, 0.1) is 0 Å². The Morgan fingerprint density at radius 2 is 2.15 bits per heavy atom. The van der Waals surface area contributed by atoms with Gasteiger partial charge >= 0.3 is 6.18 Å². The summed E-state index contributed by atoms with van der Waals surface area (Å²) in [6.45, 7) is -1.83. The topological polar surface area (TPSA) is 90.0 Å². The van der Waals surface area contributed by atoms with Crippen molar-refractivity contribution in [3.63, 3.8) is 0 Å². The first-order chi connectivity index (χ1) is 9.44. The lowest BCUT2D eigenvalue weighted by Gasteiger charge is -2.24. The molecule has 0 aliphatic carbocycles. The summed E-state index contributed by atoms with van der Waals surface area (Å²) in [5.41, 5.74) is 0.324. The van der Waals surface area contributed by atoms with E-state index in [0.717, 1.165) is 4.90 Å². The van der Waals surface area contributed by atoms with E-state index >= 15 is 0 Å². The van der Waals surface area contributed by atoms with Gasteiger partial charge in [-0.05, 0) is 0 Å². The first-order valence-corrected chi connectivity index (χ1v) is 5.76. The zero-order valence-electron chi connectivity index (χ0n) is 10.6. The number of rotatable bonds is 5. The van der Waals surface area contributed by atoms with E-state index in [1.807, 2.05) is 0 Å². The highest BCUT2D eigenvalue weighted by Gasteiger charge is 2.32. The number of aliphatic hydroxyl groups is 1. The van der Waals surface area contributed by atoms with Gasteiger partial charge in [0.15, 0.2) is 5.65 Å². The van der Waals surface area contributed by atoms with E-state index in [0.29, 0.717) is 11.0 Å². The van der Waals surface area contributed by atoms with Crippen LogP contribution < -0.4 is 10.2 Å². The van der Waals surface area contributed by atoms with Gasteiger partial charge in [-0.2, -0.15) is 28.2 Å². The van der Waals surface area contributed by atoms with Crippen LogP contribution in [0.1, 0.15) is 0 Å². The summed E-state index contributed by atoms with van der Waals surface area (Å²) in [7, 11) is 1.56. The molecule has 10 heteroatoms. The van der Waals surface area contributed by atoms with Crippen molar-refractivity contribution in [1.82, 2.24) is 20.2 Å². The van der Waals surface area contributed by atoms with Crippen molar-refractivity contribution in [1.29, 1.82) is 0 Å². The van der Waals surface area contributed by atoms with Crippen molar-refractivity contribution < 1.29 is 18.3 Å². The van der Waals surface area contributed by atoms with Gasteiger partial charge in [-0.3, -0.25) is 5.10 Å². The van der Waals surface area contributed by atoms with Gasteiger partial charge < -0.3 is 15.3 Å². The third kappa shape index (κ3) is 3.07. The standard InChI is InChI=1S/C10H13F3N6O/c1-14-9-16-7-6(4-15-18-7)8(17-9)19(2-3-20)5-10(11,12)13/h4,20H,2-3,5H2,1H3,(H2,14,15,16,17,18). The monoisotopic (exact) mass is 290 g/mol. The van der Waals surface area contributed by atoms with Crippen molar-refractivity contribution in [2.45, 2.75) is 6.18 Å². The SMILES string of the molecule is CNc1nc(N(CCO)CC(F)(F)F)c2cn[nH]c2n1. The molecule has 0 atom stereocenters. The molecule has 2 aromatic heterocycles. The third-order valence-electron chi connectivity index (χ3n) is 2.55. The summed E-state index contributed by atoms with van der Waals surface area (Å²) in [6.07, 6.45) is -3.05. The highest BCUT2D eigenvalue weighted by Crippen LogP contribution is 2.26. The number of aliphatic hydroxyl groups excluding tert-OH is 1. The van der Waals surface area contributed by atoms with Crippen molar-refractivity contribution in [2.24, 2.45) is 0 Å². The molecule has 0 aliphatic heterocycles. The maximum absolute atomic E-state index is 12.6. The number of hydrogen-bond donors (Lipinski definition) is 3. The highest BCUT2D eigenvalue weighted by atomic mass is 19.4. The van der Waals surface area contributed by atoms with E-state index in [2.05, 4.69) is 25.5 Å². The van der Waals surface area contributed by atoms with Gasteiger partial charge in [0.25, 0.3) is 0 Å². The first-order valence-electron chi connectivity index (χ1n) is 5.76. The minimum absolute atomic E-state index is 0.0690. The zero-order chi connectivity index (χ0) is 14.8. The van der Waals surface area contributed by atoms with Crippen molar-refractivity contribution in [3.8, 4) is 0 Å². The lowest BCUT2D eigenvalue weighted by molar-refractivity contribution is -0.119. The number of aromatic nitrogens is 4.